The molecule has 3 heterocycles. The van der Waals surface area contributed by atoms with Crippen molar-refractivity contribution < 1.29 is 8.60 Å². The van der Waals surface area contributed by atoms with Gasteiger partial charge in [-0.3, -0.25) is 9.11 Å². The number of hydrogen-bond donors (Lipinski definition) is 1. The molecule has 1 aliphatic rings. The number of halogens is 1. The lowest BCUT2D eigenvalue weighted by Gasteiger charge is -2.32. The second-order valence-corrected chi connectivity index (χ2v) is 9.98. The number of aromatic nitrogens is 3. The van der Waals surface area contributed by atoms with Crippen LogP contribution >= 0.6 is 0 Å². The molecule has 1 aliphatic heterocycles. The van der Waals surface area contributed by atoms with Gasteiger partial charge < -0.3 is 14.8 Å². The van der Waals surface area contributed by atoms with E-state index in [1.54, 1.807) is 22.9 Å². The van der Waals surface area contributed by atoms with Crippen molar-refractivity contribution in [2.75, 3.05) is 44.8 Å². The average molecular weight is 479 g/mol. The predicted molar refractivity (Wildman–Crippen MR) is 134 cm³/mol. The first kappa shape index (κ1) is 22.6. The summed E-state index contributed by atoms with van der Waals surface area (Å²) in [6, 6.07) is 14.9. The van der Waals surface area contributed by atoms with Crippen molar-refractivity contribution in [1.29, 1.82) is 0 Å². The maximum Gasteiger partial charge on any atom is 0.229 e. The van der Waals surface area contributed by atoms with Crippen LogP contribution in [0, 0.1) is 5.82 Å². The van der Waals surface area contributed by atoms with Gasteiger partial charge in [-0.25, -0.2) is 9.37 Å². The molecule has 9 heteroatoms. The number of rotatable bonds is 6. The highest BCUT2D eigenvalue weighted by Gasteiger charge is 2.14. The third-order valence-electron chi connectivity index (χ3n) is 6.14. The molecular weight excluding hydrogens is 451 g/mol. The van der Waals surface area contributed by atoms with Crippen LogP contribution in [-0.2, 0) is 17.3 Å². The topological polar surface area (TPSA) is 66.3 Å². The summed E-state index contributed by atoms with van der Waals surface area (Å²) in [6.45, 7) is 5.34. The molecule has 34 heavy (non-hydrogen) atoms. The van der Waals surface area contributed by atoms with Crippen LogP contribution in [-0.4, -0.2) is 68.0 Å². The number of nitrogens with one attached hydrogen (secondary N) is 1. The highest BCUT2D eigenvalue weighted by Crippen LogP contribution is 2.23. The zero-order valence-corrected chi connectivity index (χ0v) is 20.1. The molecular formula is C25H27FN6OS. The maximum absolute atomic E-state index is 14.4. The zero-order chi connectivity index (χ0) is 23.7. The molecule has 4 aromatic rings. The fraction of sp³-hybridized carbons (Fsp3) is 0.280. The monoisotopic (exact) mass is 478 g/mol. The number of nitrogens with zero attached hydrogens (tertiary/aromatic N) is 5. The van der Waals surface area contributed by atoms with Gasteiger partial charge in [0.2, 0.25) is 5.95 Å². The molecule has 0 aliphatic carbocycles. The lowest BCUT2D eigenvalue weighted by atomic mass is 10.2. The lowest BCUT2D eigenvalue weighted by Crippen LogP contribution is -2.43. The van der Waals surface area contributed by atoms with Crippen LogP contribution in [0.3, 0.4) is 0 Å². The summed E-state index contributed by atoms with van der Waals surface area (Å²) >= 11 is 0. The van der Waals surface area contributed by atoms with E-state index in [1.807, 2.05) is 24.4 Å². The van der Waals surface area contributed by atoms with E-state index in [9.17, 15) is 8.60 Å². The summed E-state index contributed by atoms with van der Waals surface area (Å²) in [5, 5.41) is 4.11. The van der Waals surface area contributed by atoms with E-state index in [2.05, 4.69) is 44.3 Å². The molecule has 0 radical (unpaired) electrons. The molecule has 5 rings (SSSR count). The number of fused-ring (bicyclic) bond motifs is 1. The second kappa shape index (κ2) is 9.61. The van der Waals surface area contributed by atoms with E-state index in [-0.39, 0.29) is 4.90 Å². The average Bonchev–Trinajstić information content (AvgIpc) is 3.25. The highest BCUT2D eigenvalue weighted by molar-refractivity contribution is 7.84. The summed E-state index contributed by atoms with van der Waals surface area (Å²) < 4.78 is 27.9. The Hall–Kier alpha value is -3.14. The Labute approximate surface area is 200 Å². The van der Waals surface area contributed by atoms with E-state index in [0.29, 0.717) is 17.3 Å². The highest BCUT2D eigenvalue weighted by atomic mass is 32.2. The second-order valence-electron chi connectivity index (χ2n) is 8.63. The summed E-state index contributed by atoms with van der Waals surface area (Å²) in [5.41, 5.74) is 3.45. The largest absolute Gasteiger partial charge is 0.324 e. The molecule has 7 nitrogen and oxygen atoms in total. The first-order valence-electron chi connectivity index (χ1n) is 11.2. The van der Waals surface area contributed by atoms with Crippen LogP contribution in [0.1, 0.15) is 5.56 Å². The predicted octanol–water partition coefficient (Wildman–Crippen LogP) is 3.79. The number of benzene rings is 2. The first-order valence-corrected chi connectivity index (χ1v) is 12.8. The van der Waals surface area contributed by atoms with Crippen molar-refractivity contribution in [2.24, 2.45) is 0 Å². The summed E-state index contributed by atoms with van der Waals surface area (Å²) in [4.78, 5) is 14.1. The van der Waals surface area contributed by atoms with Crippen LogP contribution < -0.4 is 5.32 Å². The van der Waals surface area contributed by atoms with Crippen LogP contribution in [0.2, 0.25) is 0 Å². The van der Waals surface area contributed by atoms with E-state index >= 15 is 0 Å². The zero-order valence-electron chi connectivity index (χ0n) is 19.2. The van der Waals surface area contributed by atoms with Crippen LogP contribution in [0.25, 0.3) is 16.7 Å². The quantitative estimate of drug-likeness (QED) is 0.455. The Balaban J connectivity index is 1.33. The fourth-order valence-electron chi connectivity index (χ4n) is 4.15. The van der Waals surface area contributed by atoms with Gasteiger partial charge in [-0.2, -0.15) is 4.98 Å². The van der Waals surface area contributed by atoms with Gasteiger partial charge in [0.1, 0.15) is 11.5 Å². The van der Waals surface area contributed by atoms with Crippen LogP contribution in [0.15, 0.2) is 65.8 Å². The molecule has 1 fully saturated rings. The molecule has 0 amide bonds. The Morgan fingerprint density at radius 2 is 1.82 bits per heavy atom. The third kappa shape index (κ3) is 4.86. The first-order chi connectivity index (χ1) is 16.5. The molecule has 0 spiro atoms. The molecule has 1 atom stereocenters. The van der Waals surface area contributed by atoms with Crippen molar-refractivity contribution in [3.63, 3.8) is 0 Å². The fourth-order valence-corrected chi connectivity index (χ4v) is 4.74. The summed E-state index contributed by atoms with van der Waals surface area (Å²) in [5.74, 6) is -0.0322. The van der Waals surface area contributed by atoms with Crippen molar-refractivity contribution in [3.8, 4) is 5.69 Å². The number of anilines is 2. The van der Waals surface area contributed by atoms with Crippen LogP contribution in [0.4, 0.5) is 16.0 Å². The molecule has 0 bridgehead atoms. The normalized spacial score (nSPS) is 16.1. The molecule has 1 saturated heterocycles. The van der Waals surface area contributed by atoms with Crippen molar-refractivity contribution in [3.05, 3.63) is 72.3 Å². The summed E-state index contributed by atoms with van der Waals surface area (Å²) in [7, 11) is 0.785. The molecule has 1 unspecified atom stereocenters. The lowest BCUT2D eigenvalue weighted by molar-refractivity contribution is 0.148. The molecule has 0 saturated carbocycles. The Bertz CT molecular complexity index is 1330. The van der Waals surface area contributed by atoms with Crippen molar-refractivity contribution in [1.82, 2.24) is 24.3 Å². The SMILES string of the molecule is CN1CCN(Cc2ccc(Nc3ncc4ccn(-c5ccc(S(C)=O)c(F)c5)c4n3)cc2)CC1. The van der Waals surface area contributed by atoms with Gasteiger partial charge in [0, 0.05) is 68.1 Å². The van der Waals surface area contributed by atoms with Crippen LogP contribution in [0.5, 0.6) is 0 Å². The minimum absolute atomic E-state index is 0.188. The summed E-state index contributed by atoms with van der Waals surface area (Å²) in [6.07, 6.45) is 5.04. The van der Waals surface area contributed by atoms with Gasteiger partial charge in [-0.05, 0) is 49.0 Å². The van der Waals surface area contributed by atoms with E-state index < -0.39 is 16.6 Å². The van der Waals surface area contributed by atoms with E-state index in [0.717, 1.165) is 43.8 Å². The van der Waals surface area contributed by atoms with Crippen molar-refractivity contribution in [2.45, 2.75) is 11.4 Å². The van der Waals surface area contributed by atoms with E-state index in [4.69, 9.17) is 0 Å². The minimum Gasteiger partial charge on any atom is -0.324 e. The molecule has 2 aromatic carbocycles. The molecule has 1 N–H and O–H groups in total. The minimum atomic E-state index is -1.38. The van der Waals surface area contributed by atoms with E-state index in [1.165, 1.54) is 17.9 Å². The Kier molecular flexibility index (Phi) is 6.40. The van der Waals surface area contributed by atoms with Gasteiger partial charge in [-0.1, -0.05) is 12.1 Å². The number of hydrogen-bond acceptors (Lipinski definition) is 6. The Morgan fingerprint density at radius 3 is 2.53 bits per heavy atom. The number of piperazine rings is 1. The number of likely N-dealkylation sites (N-methyl/N-ethyl adjacent to an activating group) is 1. The molecule has 176 valence electrons. The smallest absolute Gasteiger partial charge is 0.229 e. The van der Waals surface area contributed by atoms with Gasteiger partial charge in [0.05, 0.1) is 15.7 Å². The maximum atomic E-state index is 14.4. The van der Waals surface area contributed by atoms with Gasteiger partial charge in [0.25, 0.3) is 0 Å². The van der Waals surface area contributed by atoms with Gasteiger partial charge in [-0.15, -0.1) is 0 Å². The standard InChI is InChI=1S/C25H27FN6OS/c1-30-11-13-31(14-12-30)17-18-3-5-20(6-4-18)28-25-27-16-19-9-10-32(24(19)29-25)21-7-8-23(34(2)33)22(26)15-21/h3-10,15-16H,11-14,17H2,1-2H3,(H,27,28,29). The molecule has 2 aromatic heterocycles. The third-order valence-corrected chi connectivity index (χ3v) is 7.09. The van der Waals surface area contributed by atoms with Gasteiger partial charge in [0.15, 0.2) is 0 Å². The Morgan fingerprint density at radius 1 is 1.06 bits per heavy atom. The van der Waals surface area contributed by atoms with Crippen molar-refractivity contribution >= 4 is 33.5 Å². The van der Waals surface area contributed by atoms with Gasteiger partial charge >= 0.3 is 0 Å².